The summed E-state index contributed by atoms with van der Waals surface area (Å²) < 4.78 is 10.5. The number of allylic oxidation sites excluding steroid dienone is 1. The summed E-state index contributed by atoms with van der Waals surface area (Å²) >= 11 is 0. The van der Waals surface area contributed by atoms with Crippen LogP contribution in [-0.2, 0) is 9.53 Å². The van der Waals surface area contributed by atoms with E-state index in [0.717, 1.165) is 17.1 Å². The van der Waals surface area contributed by atoms with E-state index in [9.17, 15) is 4.79 Å². The van der Waals surface area contributed by atoms with Gasteiger partial charge < -0.3 is 9.47 Å². The third kappa shape index (κ3) is 2.63. The van der Waals surface area contributed by atoms with E-state index in [1.807, 2.05) is 30.3 Å². The second-order valence-corrected chi connectivity index (χ2v) is 3.70. The number of carbonyl (C=O) groups is 1. The fraction of sp³-hybridized carbons (Fsp3) is 0.308. The molecule has 1 aliphatic rings. The molecule has 0 N–H and O–H groups in total. The van der Waals surface area contributed by atoms with Crippen LogP contribution in [0.5, 0.6) is 5.75 Å². The summed E-state index contributed by atoms with van der Waals surface area (Å²) in [7, 11) is 1.64. The molecule has 16 heavy (non-hydrogen) atoms. The van der Waals surface area contributed by atoms with Crippen molar-refractivity contribution in [2.45, 2.75) is 12.8 Å². The molecule has 2 rings (SSSR count). The van der Waals surface area contributed by atoms with Crippen LogP contribution in [0.4, 0.5) is 0 Å². The van der Waals surface area contributed by atoms with Gasteiger partial charge in [-0.25, -0.2) is 0 Å². The highest BCUT2D eigenvalue weighted by Gasteiger charge is 2.13. The minimum atomic E-state index is 0.242. The Kier molecular flexibility index (Phi) is 3.25. The van der Waals surface area contributed by atoms with E-state index in [-0.39, 0.29) is 5.78 Å². The molecule has 0 unspecified atom stereocenters. The lowest BCUT2D eigenvalue weighted by molar-refractivity contribution is -0.121. The van der Waals surface area contributed by atoms with Crippen molar-refractivity contribution in [2.24, 2.45) is 0 Å². The maximum Gasteiger partial charge on any atom is 0.143 e. The van der Waals surface area contributed by atoms with Crippen molar-refractivity contribution in [1.82, 2.24) is 0 Å². The lowest BCUT2D eigenvalue weighted by Crippen LogP contribution is -2.12. The molecular formula is C13H14O3. The second-order valence-electron chi connectivity index (χ2n) is 3.70. The van der Waals surface area contributed by atoms with Crippen LogP contribution in [-0.4, -0.2) is 19.5 Å². The Labute approximate surface area is 94.7 Å². The van der Waals surface area contributed by atoms with Gasteiger partial charge in [-0.2, -0.15) is 0 Å². The Bertz CT molecular complexity index is 404. The van der Waals surface area contributed by atoms with Crippen molar-refractivity contribution in [2.75, 3.05) is 13.7 Å². The van der Waals surface area contributed by atoms with E-state index >= 15 is 0 Å². The third-order valence-electron chi connectivity index (χ3n) is 2.48. The Balaban J connectivity index is 2.12. The summed E-state index contributed by atoms with van der Waals surface area (Å²) in [6.45, 7) is 0.501. The van der Waals surface area contributed by atoms with Crippen LogP contribution in [0.1, 0.15) is 18.4 Å². The van der Waals surface area contributed by atoms with Crippen molar-refractivity contribution >= 4 is 11.9 Å². The van der Waals surface area contributed by atoms with Gasteiger partial charge in [-0.1, -0.05) is 12.1 Å². The topological polar surface area (TPSA) is 35.5 Å². The Morgan fingerprint density at radius 2 is 2.06 bits per heavy atom. The van der Waals surface area contributed by atoms with Crippen LogP contribution in [0.3, 0.4) is 0 Å². The van der Waals surface area contributed by atoms with E-state index in [2.05, 4.69) is 0 Å². The minimum absolute atomic E-state index is 0.242. The highest BCUT2D eigenvalue weighted by molar-refractivity contribution is 5.82. The zero-order valence-electron chi connectivity index (χ0n) is 9.23. The van der Waals surface area contributed by atoms with E-state index in [4.69, 9.17) is 9.47 Å². The van der Waals surface area contributed by atoms with E-state index in [1.165, 1.54) is 0 Å². The minimum Gasteiger partial charge on any atom is -0.497 e. The standard InChI is InChI=1S/C13H14O3/c1-15-12-4-2-10(3-5-12)8-13-9-11(14)6-7-16-13/h2-5,8H,6-7,9H2,1H3/b13-8+. The number of Topliss-reactive ketones (excluding diaryl/α,β-unsaturated/α-hetero) is 1. The summed E-state index contributed by atoms with van der Waals surface area (Å²) in [6.07, 6.45) is 2.84. The molecule has 0 bridgehead atoms. The molecule has 84 valence electrons. The highest BCUT2D eigenvalue weighted by Crippen LogP contribution is 2.19. The largest absolute Gasteiger partial charge is 0.497 e. The first kappa shape index (κ1) is 10.7. The van der Waals surface area contributed by atoms with Gasteiger partial charge in [0.05, 0.1) is 20.1 Å². The monoisotopic (exact) mass is 218 g/mol. The highest BCUT2D eigenvalue weighted by atomic mass is 16.5. The molecule has 1 aromatic rings. The molecule has 3 heteroatoms. The van der Waals surface area contributed by atoms with Gasteiger partial charge in [-0.05, 0) is 23.8 Å². The predicted octanol–water partition coefficient (Wildman–Crippen LogP) is 2.42. The Morgan fingerprint density at radius 3 is 2.69 bits per heavy atom. The molecule has 0 aliphatic carbocycles. The van der Waals surface area contributed by atoms with Gasteiger partial charge in [-0.3, -0.25) is 4.79 Å². The predicted molar refractivity (Wildman–Crippen MR) is 61.2 cm³/mol. The van der Waals surface area contributed by atoms with Crippen LogP contribution >= 0.6 is 0 Å². The van der Waals surface area contributed by atoms with E-state index in [1.54, 1.807) is 7.11 Å². The smallest absolute Gasteiger partial charge is 0.143 e. The fourth-order valence-corrected chi connectivity index (χ4v) is 1.61. The Morgan fingerprint density at radius 1 is 1.31 bits per heavy atom. The number of methoxy groups -OCH3 is 1. The van der Waals surface area contributed by atoms with Gasteiger partial charge in [0.15, 0.2) is 0 Å². The average Bonchev–Trinajstić information content (AvgIpc) is 2.30. The van der Waals surface area contributed by atoms with E-state index in [0.29, 0.717) is 19.4 Å². The summed E-state index contributed by atoms with van der Waals surface area (Å²) in [4.78, 5) is 11.2. The molecule has 1 saturated heterocycles. The molecule has 1 aliphatic heterocycles. The van der Waals surface area contributed by atoms with Crippen LogP contribution in [0, 0.1) is 0 Å². The number of benzene rings is 1. The number of hydrogen-bond acceptors (Lipinski definition) is 3. The van der Waals surface area contributed by atoms with Crippen LogP contribution in [0.2, 0.25) is 0 Å². The fourth-order valence-electron chi connectivity index (χ4n) is 1.61. The molecule has 0 spiro atoms. The number of rotatable bonds is 2. The summed E-state index contributed by atoms with van der Waals surface area (Å²) in [6, 6.07) is 7.65. The first-order valence-corrected chi connectivity index (χ1v) is 5.27. The van der Waals surface area contributed by atoms with Crippen LogP contribution in [0.15, 0.2) is 30.0 Å². The normalized spacial score (nSPS) is 18.3. The Hall–Kier alpha value is -1.77. The molecule has 3 nitrogen and oxygen atoms in total. The van der Waals surface area contributed by atoms with Crippen molar-refractivity contribution in [1.29, 1.82) is 0 Å². The summed E-state index contributed by atoms with van der Waals surface area (Å²) in [5, 5.41) is 0. The maximum atomic E-state index is 11.2. The molecule has 0 amide bonds. The van der Waals surface area contributed by atoms with Gasteiger partial charge in [0, 0.05) is 6.42 Å². The summed E-state index contributed by atoms with van der Waals surface area (Å²) in [5.41, 5.74) is 1.02. The summed E-state index contributed by atoms with van der Waals surface area (Å²) in [5.74, 6) is 1.82. The zero-order valence-corrected chi connectivity index (χ0v) is 9.23. The molecule has 0 radical (unpaired) electrons. The molecule has 1 heterocycles. The lowest BCUT2D eigenvalue weighted by Gasteiger charge is -2.15. The van der Waals surface area contributed by atoms with Gasteiger partial charge in [0.25, 0.3) is 0 Å². The molecular weight excluding hydrogens is 204 g/mol. The van der Waals surface area contributed by atoms with Gasteiger partial charge in [-0.15, -0.1) is 0 Å². The van der Waals surface area contributed by atoms with Crippen molar-refractivity contribution in [3.63, 3.8) is 0 Å². The van der Waals surface area contributed by atoms with Crippen molar-refractivity contribution < 1.29 is 14.3 Å². The first-order valence-electron chi connectivity index (χ1n) is 5.27. The first-order chi connectivity index (χ1) is 7.78. The SMILES string of the molecule is COc1ccc(/C=C2\CC(=O)CCO2)cc1. The average molecular weight is 218 g/mol. The molecule has 1 fully saturated rings. The number of ketones is 1. The maximum absolute atomic E-state index is 11.2. The zero-order chi connectivity index (χ0) is 11.4. The number of hydrogen-bond donors (Lipinski definition) is 0. The van der Waals surface area contributed by atoms with E-state index < -0.39 is 0 Å². The number of ether oxygens (including phenoxy) is 2. The molecule has 0 saturated carbocycles. The second kappa shape index (κ2) is 4.84. The third-order valence-corrected chi connectivity index (χ3v) is 2.48. The van der Waals surface area contributed by atoms with Crippen molar-refractivity contribution in [3.05, 3.63) is 35.6 Å². The number of carbonyl (C=O) groups excluding carboxylic acids is 1. The molecule has 0 atom stereocenters. The molecule has 0 aromatic heterocycles. The molecule has 1 aromatic carbocycles. The quantitative estimate of drug-likeness (QED) is 0.764. The van der Waals surface area contributed by atoms with Gasteiger partial charge in [0.2, 0.25) is 0 Å². The van der Waals surface area contributed by atoms with Crippen molar-refractivity contribution in [3.8, 4) is 5.75 Å². The lowest BCUT2D eigenvalue weighted by atomic mass is 10.1. The van der Waals surface area contributed by atoms with Gasteiger partial charge >= 0.3 is 0 Å². The van der Waals surface area contributed by atoms with Gasteiger partial charge in [0.1, 0.15) is 17.3 Å². The van der Waals surface area contributed by atoms with Crippen LogP contribution < -0.4 is 4.74 Å². The van der Waals surface area contributed by atoms with Crippen LogP contribution in [0.25, 0.3) is 6.08 Å².